The van der Waals surface area contributed by atoms with Crippen molar-refractivity contribution < 1.29 is 21.6 Å². The quantitative estimate of drug-likeness (QED) is 0.720. The molecular formula is C17H21Cl2NO. The molecule has 0 radical (unpaired) electrons. The number of likely N-dealkylation sites (N-methyl/N-ethyl adjacent to an activating group) is 1. The van der Waals surface area contributed by atoms with Crippen LogP contribution in [0.2, 0.25) is 5.02 Å². The molecule has 0 saturated carbocycles. The SMILES string of the molecule is C[N+](C)(CCOc1ccccc1)Cc1ccccc1Cl.[Cl-]. The third kappa shape index (κ3) is 5.96. The first-order valence-electron chi connectivity index (χ1n) is 6.80. The lowest BCUT2D eigenvalue weighted by Crippen LogP contribution is -3.00. The van der Waals surface area contributed by atoms with Crippen molar-refractivity contribution in [1.29, 1.82) is 0 Å². The minimum atomic E-state index is 0. The normalized spacial score (nSPS) is 10.8. The van der Waals surface area contributed by atoms with Crippen LogP contribution in [0.15, 0.2) is 54.6 Å². The standard InChI is InChI=1S/C17H21ClNO.ClH/c1-19(2,14-15-8-6-7-11-17(15)18)12-13-20-16-9-4-3-5-10-16;/h3-11H,12-14H2,1-2H3;1H/q+1;/p-1. The van der Waals surface area contributed by atoms with Crippen LogP contribution >= 0.6 is 11.6 Å². The predicted molar refractivity (Wildman–Crippen MR) is 84.1 cm³/mol. The van der Waals surface area contributed by atoms with Crippen LogP contribution in [0, 0.1) is 0 Å². The summed E-state index contributed by atoms with van der Waals surface area (Å²) in [4.78, 5) is 0. The molecule has 2 aromatic rings. The summed E-state index contributed by atoms with van der Waals surface area (Å²) in [6.45, 7) is 2.53. The molecule has 4 heteroatoms. The van der Waals surface area contributed by atoms with Gasteiger partial charge in [0, 0.05) is 10.6 Å². The summed E-state index contributed by atoms with van der Waals surface area (Å²) in [5, 5.41) is 0.836. The Hall–Kier alpha value is -1.22. The van der Waals surface area contributed by atoms with Gasteiger partial charge in [0.05, 0.1) is 14.1 Å². The van der Waals surface area contributed by atoms with Gasteiger partial charge in [-0.25, -0.2) is 0 Å². The van der Waals surface area contributed by atoms with Crippen molar-refractivity contribution in [3.05, 3.63) is 65.2 Å². The van der Waals surface area contributed by atoms with Crippen molar-refractivity contribution in [2.75, 3.05) is 27.2 Å². The zero-order valence-corrected chi connectivity index (χ0v) is 13.9. The van der Waals surface area contributed by atoms with Crippen molar-refractivity contribution >= 4 is 11.6 Å². The fraction of sp³-hybridized carbons (Fsp3) is 0.294. The molecule has 2 nitrogen and oxygen atoms in total. The molecule has 0 aliphatic carbocycles. The van der Waals surface area contributed by atoms with Crippen LogP contribution in [0.3, 0.4) is 0 Å². The summed E-state index contributed by atoms with van der Waals surface area (Å²) in [6, 6.07) is 17.9. The molecule has 0 amide bonds. The lowest BCUT2D eigenvalue weighted by atomic mass is 10.2. The maximum Gasteiger partial charge on any atom is 0.137 e. The average Bonchev–Trinajstić information content (AvgIpc) is 2.42. The molecule has 21 heavy (non-hydrogen) atoms. The largest absolute Gasteiger partial charge is 1.00 e. The molecule has 0 unspecified atom stereocenters. The van der Waals surface area contributed by atoms with Crippen molar-refractivity contribution in [1.82, 2.24) is 0 Å². The lowest BCUT2D eigenvalue weighted by Gasteiger charge is -2.30. The van der Waals surface area contributed by atoms with E-state index in [2.05, 4.69) is 20.2 Å². The van der Waals surface area contributed by atoms with Crippen LogP contribution in [0.1, 0.15) is 5.56 Å². The number of hydrogen-bond donors (Lipinski definition) is 0. The molecule has 2 rings (SSSR count). The summed E-state index contributed by atoms with van der Waals surface area (Å²) < 4.78 is 6.61. The Bertz CT molecular complexity index is 543. The van der Waals surface area contributed by atoms with E-state index in [4.69, 9.17) is 16.3 Å². The van der Waals surface area contributed by atoms with Gasteiger partial charge in [0.15, 0.2) is 0 Å². The molecule has 0 N–H and O–H groups in total. The van der Waals surface area contributed by atoms with Crippen molar-refractivity contribution in [2.45, 2.75) is 6.54 Å². The molecule has 114 valence electrons. The Kier molecular flexibility index (Phi) is 7.03. The van der Waals surface area contributed by atoms with Gasteiger partial charge in [0.2, 0.25) is 0 Å². The maximum atomic E-state index is 6.22. The molecule has 0 fully saturated rings. The van der Waals surface area contributed by atoms with E-state index < -0.39 is 0 Å². The summed E-state index contributed by atoms with van der Waals surface area (Å²) in [5.74, 6) is 0.922. The number of para-hydroxylation sites is 1. The number of hydrogen-bond acceptors (Lipinski definition) is 1. The van der Waals surface area contributed by atoms with Gasteiger partial charge in [-0.05, 0) is 18.2 Å². The number of rotatable bonds is 6. The third-order valence-electron chi connectivity index (χ3n) is 3.26. The molecule has 0 atom stereocenters. The molecule has 0 aromatic heterocycles. The zero-order valence-electron chi connectivity index (χ0n) is 12.4. The second-order valence-electron chi connectivity index (χ2n) is 5.57. The summed E-state index contributed by atoms with van der Waals surface area (Å²) in [6.07, 6.45) is 0. The predicted octanol–water partition coefficient (Wildman–Crippen LogP) is 0.999. The Morgan fingerprint density at radius 1 is 0.952 bits per heavy atom. The minimum Gasteiger partial charge on any atom is -1.00 e. The van der Waals surface area contributed by atoms with Crippen molar-refractivity contribution in [3.63, 3.8) is 0 Å². The third-order valence-corrected chi connectivity index (χ3v) is 3.63. The highest BCUT2D eigenvalue weighted by atomic mass is 35.5. The van der Waals surface area contributed by atoms with Gasteiger partial charge < -0.3 is 21.6 Å². The van der Waals surface area contributed by atoms with Gasteiger partial charge in [-0.1, -0.05) is 48.0 Å². The van der Waals surface area contributed by atoms with Crippen LogP contribution in [0.5, 0.6) is 5.75 Å². The van der Waals surface area contributed by atoms with Crippen molar-refractivity contribution in [2.24, 2.45) is 0 Å². The topological polar surface area (TPSA) is 9.23 Å². The Labute approximate surface area is 138 Å². The summed E-state index contributed by atoms with van der Waals surface area (Å²) >= 11 is 6.22. The van der Waals surface area contributed by atoms with Gasteiger partial charge in [0.25, 0.3) is 0 Å². The fourth-order valence-corrected chi connectivity index (χ4v) is 2.29. The van der Waals surface area contributed by atoms with E-state index in [9.17, 15) is 0 Å². The molecular weight excluding hydrogens is 305 g/mol. The number of benzene rings is 2. The van der Waals surface area contributed by atoms with E-state index in [1.54, 1.807) is 0 Å². The Morgan fingerprint density at radius 3 is 2.24 bits per heavy atom. The number of halogens is 2. The van der Waals surface area contributed by atoms with Crippen LogP contribution in [0.4, 0.5) is 0 Å². The Balaban J connectivity index is 0.00000220. The lowest BCUT2D eigenvalue weighted by molar-refractivity contribution is -0.903. The van der Waals surface area contributed by atoms with Gasteiger partial charge in [-0.15, -0.1) is 0 Å². The van der Waals surface area contributed by atoms with Crippen LogP contribution in [-0.4, -0.2) is 31.7 Å². The van der Waals surface area contributed by atoms with E-state index in [1.807, 2.05) is 48.5 Å². The van der Waals surface area contributed by atoms with E-state index >= 15 is 0 Å². The van der Waals surface area contributed by atoms with E-state index in [0.717, 1.165) is 28.3 Å². The van der Waals surface area contributed by atoms with E-state index in [0.29, 0.717) is 6.61 Å². The van der Waals surface area contributed by atoms with E-state index in [1.165, 1.54) is 5.56 Å². The van der Waals surface area contributed by atoms with Crippen LogP contribution in [-0.2, 0) is 6.54 Å². The van der Waals surface area contributed by atoms with Gasteiger partial charge >= 0.3 is 0 Å². The van der Waals surface area contributed by atoms with E-state index in [-0.39, 0.29) is 12.4 Å². The molecule has 0 aliphatic rings. The van der Waals surface area contributed by atoms with Gasteiger partial charge in [-0.3, -0.25) is 0 Å². The second-order valence-corrected chi connectivity index (χ2v) is 5.98. The van der Waals surface area contributed by atoms with Gasteiger partial charge in [-0.2, -0.15) is 0 Å². The first kappa shape index (κ1) is 17.8. The Morgan fingerprint density at radius 2 is 1.57 bits per heavy atom. The molecule has 0 aliphatic heterocycles. The fourth-order valence-electron chi connectivity index (χ4n) is 2.09. The number of quaternary nitrogens is 1. The highest BCUT2D eigenvalue weighted by Crippen LogP contribution is 2.19. The minimum absolute atomic E-state index is 0. The van der Waals surface area contributed by atoms with Crippen LogP contribution in [0.25, 0.3) is 0 Å². The molecule has 0 bridgehead atoms. The smallest absolute Gasteiger partial charge is 0.137 e. The van der Waals surface area contributed by atoms with Crippen LogP contribution < -0.4 is 17.1 Å². The molecule has 0 spiro atoms. The molecule has 2 aromatic carbocycles. The second kappa shape index (κ2) is 8.28. The maximum absolute atomic E-state index is 6.22. The van der Waals surface area contributed by atoms with Crippen molar-refractivity contribution in [3.8, 4) is 5.75 Å². The first-order valence-corrected chi connectivity index (χ1v) is 7.18. The monoisotopic (exact) mass is 325 g/mol. The molecule has 0 saturated heterocycles. The van der Waals surface area contributed by atoms with Gasteiger partial charge in [0.1, 0.15) is 25.4 Å². The zero-order chi connectivity index (χ0) is 14.4. The number of ether oxygens (including phenoxy) is 1. The highest BCUT2D eigenvalue weighted by molar-refractivity contribution is 6.31. The number of nitrogens with zero attached hydrogens (tertiary/aromatic N) is 1. The first-order chi connectivity index (χ1) is 9.57. The molecule has 0 heterocycles. The average molecular weight is 326 g/mol. The highest BCUT2D eigenvalue weighted by Gasteiger charge is 2.17. The summed E-state index contributed by atoms with van der Waals surface area (Å²) in [5.41, 5.74) is 1.18. The summed E-state index contributed by atoms with van der Waals surface area (Å²) in [7, 11) is 4.38.